The zero-order valence-electron chi connectivity index (χ0n) is 22.8. The number of thioether (sulfide) groups is 1. The second kappa shape index (κ2) is 14.2. The van der Waals surface area contributed by atoms with E-state index in [1.54, 1.807) is 30.3 Å². The summed E-state index contributed by atoms with van der Waals surface area (Å²) in [6.45, 7) is -0.818. The third-order valence-corrected chi connectivity index (χ3v) is 8.12. The zero-order chi connectivity index (χ0) is 31.9. The number of alkyl halides is 3. The van der Waals surface area contributed by atoms with Gasteiger partial charge in [-0.25, -0.2) is 14.4 Å². The maximum absolute atomic E-state index is 13.5. The molecule has 44 heavy (non-hydrogen) atoms. The molecular weight excluding hydrogens is 629 g/mol. The molecule has 3 aromatic carbocycles. The maximum Gasteiger partial charge on any atom is 0.523 e. The Morgan fingerprint density at radius 1 is 0.727 bits per heavy atom. The number of rotatable bonds is 10. The van der Waals surface area contributed by atoms with Crippen LogP contribution >= 0.6 is 11.8 Å². The molecule has 1 heterocycles. The fourth-order valence-electron chi connectivity index (χ4n) is 4.13. The third kappa shape index (κ3) is 7.96. The van der Waals surface area contributed by atoms with E-state index >= 15 is 0 Å². The molecule has 3 aromatic rings. The topological polar surface area (TPSA) is 132 Å². The van der Waals surface area contributed by atoms with E-state index in [2.05, 4.69) is 4.18 Å². The molecule has 0 amide bonds. The van der Waals surface area contributed by atoms with Crippen LogP contribution in [0.1, 0.15) is 31.1 Å². The van der Waals surface area contributed by atoms with Crippen LogP contribution in [0.3, 0.4) is 0 Å². The van der Waals surface area contributed by atoms with Crippen LogP contribution < -0.4 is 0 Å². The summed E-state index contributed by atoms with van der Waals surface area (Å²) in [5, 5.41) is 0. The quantitative estimate of drug-likeness (QED) is 0.131. The monoisotopic (exact) mass is 654 g/mol. The lowest BCUT2D eigenvalue weighted by atomic mass is 9.99. The lowest BCUT2D eigenvalue weighted by molar-refractivity contribution is -0.201. The van der Waals surface area contributed by atoms with Gasteiger partial charge in [-0.15, -0.1) is 11.8 Å². The van der Waals surface area contributed by atoms with E-state index in [0.29, 0.717) is 0 Å². The highest BCUT2D eigenvalue weighted by atomic mass is 32.2. The predicted octanol–water partition coefficient (Wildman–Crippen LogP) is 4.62. The molecule has 0 aromatic heterocycles. The van der Waals surface area contributed by atoms with Crippen LogP contribution in [0, 0.1) is 0 Å². The van der Waals surface area contributed by atoms with Crippen molar-refractivity contribution in [3.05, 3.63) is 108 Å². The molecule has 1 saturated heterocycles. The van der Waals surface area contributed by atoms with Gasteiger partial charge in [0.05, 0.1) is 16.7 Å². The van der Waals surface area contributed by atoms with Gasteiger partial charge < -0.3 is 18.9 Å². The smallest absolute Gasteiger partial charge is 0.459 e. The predicted molar refractivity (Wildman–Crippen MR) is 150 cm³/mol. The van der Waals surface area contributed by atoms with Crippen LogP contribution in [-0.4, -0.2) is 74.5 Å². The Balaban J connectivity index is 1.74. The number of esters is 3. The zero-order valence-corrected chi connectivity index (χ0v) is 24.4. The molecule has 1 fully saturated rings. The molecule has 1 aliphatic rings. The summed E-state index contributed by atoms with van der Waals surface area (Å²) in [6.07, 6.45) is -6.18. The molecule has 1 aliphatic heterocycles. The van der Waals surface area contributed by atoms with Crippen molar-refractivity contribution in [1.29, 1.82) is 0 Å². The van der Waals surface area contributed by atoms with Gasteiger partial charge in [-0.05, 0) is 42.7 Å². The highest BCUT2D eigenvalue weighted by Gasteiger charge is 2.57. The molecule has 0 saturated carbocycles. The van der Waals surface area contributed by atoms with Crippen molar-refractivity contribution in [1.82, 2.24) is 0 Å². The van der Waals surface area contributed by atoms with Crippen LogP contribution in [0.15, 0.2) is 91.0 Å². The van der Waals surface area contributed by atoms with Crippen molar-refractivity contribution in [3.63, 3.8) is 0 Å². The molecule has 0 aliphatic carbocycles. The first-order chi connectivity index (χ1) is 20.9. The Kier molecular flexibility index (Phi) is 10.7. The van der Waals surface area contributed by atoms with Crippen LogP contribution in [-0.2, 0) is 33.2 Å². The molecule has 5 atom stereocenters. The molecule has 0 unspecified atom stereocenters. The lowest BCUT2D eigenvalue weighted by Crippen LogP contribution is -2.62. The van der Waals surface area contributed by atoms with E-state index in [-0.39, 0.29) is 16.7 Å². The molecule has 15 heteroatoms. The number of ether oxygens (including phenoxy) is 4. The van der Waals surface area contributed by atoms with Gasteiger partial charge in [0.2, 0.25) is 0 Å². The Bertz CT molecular complexity index is 1540. The highest BCUT2D eigenvalue weighted by molar-refractivity contribution is 7.99. The van der Waals surface area contributed by atoms with Crippen molar-refractivity contribution in [2.45, 2.75) is 35.4 Å². The van der Waals surface area contributed by atoms with Crippen LogP contribution in [0.4, 0.5) is 13.2 Å². The van der Waals surface area contributed by atoms with E-state index in [1.165, 1.54) is 66.9 Å². The average molecular weight is 655 g/mol. The Hall–Kier alpha value is -3.92. The highest BCUT2D eigenvalue weighted by Crippen LogP contribution is 2.37. The first-order valence-corrected chi connectivity index (χ1v) is 15.5. The SMILES string of the molecule is CS[C@@H]1O[C@H](COC(=O)c2ccccc2)[C@H](OS(=O)(=O)C(F)(F)F)[C@H](OC(=O)c2ccccc2)[C@H]1OC(=O)c1ccccc1. The van der Waals surface area contributed by atoms with Crippen molar-refractivity contribution in [2.24, 2.45) is 0 Å². The summed E-state index contributed by atoms with van der Waals surface area (Å²) in [7, 11) is -6.34. The number of carbonyl (C=O) groups excluding carboxylic acids is 3. The Labute approximate surface area is 254 Å². The number of carbonyl (C=O) groups is 3. The molecule has 0 spiro atoms. The van der Waals surface area contributed by atoms with Gasteiger partial charge in [0, 0.05) is 0 Å². The minimum atomic E-state index is -6.34. The van der Waals surface area contributed by atoms with E-state index in [1.807, 2.05) is 0 Å². The van der Waals surface area contributed by atoms with Crippen molar-refractivity contribution >= 4 is 39.8 Å². The van der Waals surface area contributed by atoms with Gasteiger partial charge in [-0.3, -0.25) is 4.18 Å². The molecule has 10 nitrogen and oxygen atoms in total. The molecule has 0 N–H and O–H groups in total. The molecule has 0 bridgehead atoms. The molecule has 0 radical (unpaired) electrons. The fraction of sp³-hybridized carbons (Fsp3) is 0.276. The number of benzene rings is 3. The fourth-order valence-corrected chi connectivity index (χ4v) is 5.49. The largest absolute Gasteiger partial charge is 0.523 e. The Morgan fingerprint density at radius 2 is 1.16 bits per heavy atom. The Morgan fingerprint density at radius 3 is 1.59 bits per heavy atom. The van der Waals surface area contributed by atoms with Gasteiger partial charge in [0.25, 0.3) is 0 Å². The summed E-state index contributed by atoms with van der Waals surface area (Å²) in [4.78, 5) is 38.8. The van der Waals surface area contributed by atoms with Crippen molar-refractivity contribution < 1.29 is 59.1 Å². The molecule has 234 valence electrons. The van der Waals surface area contributed by atoms with Crippen molar-refractivity contribution in [2.75, 3.05) is 12.9 Å². The van der Waals surface area contributed by atoms with E-state index in [0.717, 1.165) is 11.8 Å². The van der Waals surface area contributed by atoms with Crippen LogP contribution in [0.2, 0.25) is 0 Å². The normalized spacial score (nSPS) is 22.0. The second-order valence-electron chi connectivity index (χ2n) is 9.18. The average Bonchev–Trinajstić information content (AvgIpc) is 3.02. The van der Waals surface area contributed by atoms with E-state index < -0.39 is 70.0 Å². The van der Waals surface area contributed by atoms with E-state index in [9.17, 15) is 36.0 Å². The van der Waals surface area contributed by atoms with Crippen molar-refractivity contribution in [3.8, 4) is 0 Å². The van der Waals surface area contributed by atoms with Gasteiger partial charge in [-0.1, -0.05) is 54.6 Å². The summed E-state index contributed by atoms with van der Waals surface area (Å²) < 4.78 is 91.9. The number of hydrogen-bond acceptors (Lipinski definition) is 11. The summed E-state index contributed by atoms with van der Waals surface area (Å²) in [6, 6.07) is 22.3. The van der Waals surface area contributed by atoms with Crippen LogP contribution in [0.25, 0.3) is 0 Å². The number of hydrogen-bond donors (Lipinski definition) is 0. The maximum atomic E-state index is 13.5. The standard InChI is InChI=1S/C29H25F3O10S2/c1-43-28-24(41-27(35)20-15-9-4-10-16-20)23(40-26(34)19-13-7-3-8-14-19)22(42-44(36,37)29(30,31)32)21(39-28)17-38-25(33)18-11-5-2-6-12-18/h2-16,21-24,28H,17H2,1H3/t21-,22+,23+,24-,28+/m1/s1. The lowest BCUT2D eigenvalue weighted by Gasteiger charge is -2.44. The van der Waals surface area contributed by atoms with Gasteiger partial charge >= 0.3 is 33.5 Å². The molecular formula is C29H25F3O10S2. The first kappa shape index (κ1) is 33.0. The second-order valence-corrected chi connectivity index (χ2v) is 11.7. The summed E-state index contributed by atoms with van der Waals surface area (Å²) in [5.41, 5.74) is -7.05. The summed E-state index contributed by atoms with van der Waals surface area (Å²) >= 11 is 0.919. The summed E-state index contributed by atoms with van der Waals surface area (Å²) in [5.74, 6) is -2.95. The van der Waals surface area contributed by atoms with Crippen LogP contribution in [0.5, 0.6) is 0 Å². The van der Waals surface area contributed by atoms with Gasteiger partial charge in [0.1, 0.15) is 24.3 Å². The minimum Gasteiger partial charge on any atom is -0.459 e. The third-order valence-electron chi connectivity index (χ3n) is 6.24. The van der Waals surface area contributed by atoms with E-state index in [4.69, 9.17) is 18.9 Å². The van der Waals surface area contributed by atoms with Gasteiger partial charge in [-0.2, -0.15) is 21.6 Å². The molecule has 4 rings (SSSR count). The van der Waals surface area contributed by atoms with Gasteiger partial charge in [0.15, 0.2) is 12.2 Å². The minimum absolute atomic E-state index is 0.0415. The number of halogens is 3. The first-order valence-electron chi connectivity index (χ1n) is 12.8.